The second-order valence-corrected chi connectivity index (χ2v) is 9.93. The summed E-state index contributed by atoms with van der Waals surface area (Å²) in [5, 5.41) is 13.8. The van der Waals surface area contributed by atoms with E-state index in [0.29, 0.717) is 47.4 Å². The van der Waals surface area contributed by atoms with Gasteiger partial charge in [-0.3, -0.25) is 4.79 Å². The molecular weight excluding hydrogens is 469 g/mol. The molecule has 2 atom stereocenters. The topological polar surface area (TPSA) is 106 Å². The van der Waals surface area contributed by atoms with Crippen LogP contribution in [0.3, 0.4) is 0 Å². The van der Waals surface area contributed by atoms with Crippen LogP contribution in [0.25, 0.3) is 0 Å². The van der Waals surface area contributed by atoms with Gasteiger partial charge in [0.15, 0.2) is 0 Å². The largest absolute Gasteiger partial charge is 0.397 e. The molecule has 2 heterocycles. The van der Waals surface area contributed by atoms with Gasteiger partial charge in [0, 0.05) is 18.7 Å². The van der Waals surface area contributed by atoms with Crippen molar-refractivity contribution in [3.8, 4) is 11.8 Å². The fourth-order valence-corrected chi connectivity index (χ4v) is 5.62. The minimum atomic E-state index is -1.05. The van der Waals surface area contributed by atoms with E-state index in [4.69, 9.17) is 17.3 Å². The van der Waals surface area contributed by atoms with E-state index in [1.807, 2.05) is 0 Å². The molecule has 2 aromatic heterocycles. The Morgan fingerprint density at radius 1 is 1.26 bits per heavy atom. The molecule has 1 aromatic carbocycles. The lowest BCUT2D eigenvalue weighted by atomic mass is 9.92. The van der Waals surface area contributed by atoms with E-state index >= 15 is 0 Å². The SMILES string of the molecule is Cn1cnc(C2CC3CC(O)(C#Cc4ccc(N)cn4)CC3C2)c1C(=O)Nc1ccc(F)c(Cl)c1. The maximum atomic E-state index is 13.5. The number of carbonyl (C=O) groups is 1. The highest BCUT2D eigenvalue weighted by atomic mass is 35.5. The van der Waals surface area contributed by atoms with Crippen molar-refractivity contribution >= 4 is 28.9 Å². The van der Waals surface area contributed by atoms with Crippen molar-refractivity contribution < 1.29 is 14.3 Å². The number of carbonyl (C=O) groups excluding carboxylic acids is 1. The van der Waals surface area contributed by atoms with Crippen molar-refractivity contribution in [2.45, 2.75) is 37.2 Å². The van der Waals surface area contributed by atoms with Gasteiger partial charge in [0.1, 0.15) is 22.8 Å². The van der Waals surface area contributed by atoms with Crippen LogP contribution in [-0.2, 0) is 7.05 Å². The molecule has 7 nitrogen and oxygen atoms in total. The second kappa shape index (κ2) is 8.99. The standard InChI is InChI=1S/C26H25ClFN5O2/c1-33-14-31-23(24(33)25(34)32-20-4-5-22(28)21(27)10-20)15-8-16-11-26(35,12-17(16)9-15)7-6-19-3-2-18(29)13-30-19/h2-5,10,13-17,35H,8-9,11-12,29H2,1H3,(H,32,34). The van der Waals surface area contributed by atoms with E-state index in [9.17, 15) is 14.3 Å². The fraction of sp³-hybridized carbons (Fsp3) is 0.346. The van der Waals surface area contributed by atoms with E-state index in [1.165, 1.54) is 18.2 Å². The van der Waals surface area contributed by atoms with Crippen molar-refractivity contribution in [2.24, 2.45) is 18.9 Å². The zero-order chi connectivity index (χ0) is 24.7. The van der Waals surface area contributed by atoms with E-state index in [1.54, 1.807) is 36.3 Å². The third kappa shape index (κ3) is 4.75. The molecule has 5 rings (SSSR count). The average Bonchev–Trinajstić information content (AvgIpc) is 3.47. The van der Waals surface area contributed by atoms with Crippen LogP contribution in [-0.4, -0.2) is 31.1 Å². The number of nitrogens with zero attached hydrogens (tertiary/aromatic N) is 3. The number of amides is 1. The number of pyridine rings is 1. The van der Waals surface area contributed by atoms with Gasteiger partial charge in [0.25, 0.3) is 5.91 Å². The first-order valence-electron chi connectivity index (χ1n) is 11.5. The van der Waals surface area contributed by atoms with Gasteiger partial charge >= 0.3 is 0 Å². The smallest absolute Gasteiger partial charge is 0.274 e. The number of nitrogen functional groups attached to an aromatic ring is 1. The molecule has 35 heavy (non-hydrogen) atoms. The monoisotopic (exact) mass is 493 g/mol. The fourth-order valence-electron chi connectivity index (χ4n) is 5.44. The number of nitrogens with one attached hydrogen (secondary N) is 1. The number of fused-ring (bicyclic) bond motifs is 1. The number of benzene rings is 1. The summed E-state index contributed by atoms with van der Waals surface area (Å²) in [7, 11) is 1.78. The number of aryl methyl sites for hydroxylation is 1. The highest BCUT2D eigenvalue weighted by Gasteiger charge is 2.49. The molecule has 0 radical (unpaired) electrons. The third-order valence-electron chi connectivity index (χ3n) is 7.00. The van der Waals surface area contributed by atoms with Crippen molar-refractivity contribution in [2.75, 3.05) is 11.1 Å². The first-order chi connectivity index (χ1) is 16.7. The number of rotatable bonds is 3. The Morgan fingerprint density at radius 3 is 2.66 bits per heavy atom. The van der Waals surface area contributed by atoms with E-state index in [0.717, 1.165) is 18.5 Å². The minimum Gasteiger partial charge on any atom is -0.397 e. The third-order valence-corrected chi connectivity index (χ3v) is 7.28. The molecular formula is C26H25ClFN5O2. The summed E-state index contributed by atoms with van der Waals surface area (Å²) in [4.78, 5) is 21.8. The number of aromatic nitrogens is 3. The zero-order valence-electron chi connectivity index (χ0n) is 19.1. The van der Waals surface area contributed by atoms with Crippen molar-refractivity contribution in [3.63, 3.8) is 0 Å². The van der Waals surface area contributed by atoms with E-state index < -0.39 is 11.4 Å². The lowest BCUT2D eigenvalue weighted by Gasteiger charge is -2.19. The normalized spacial score (nSPS) is 25.1. The van der Waals surface area contributed by atoms with Gasteiger partial charge < -0.3 is 20.7 Å². The van der Waals surface area contributed by atoms with Gasteiger partial charge in [0.05, 0.1) is 28.9 Å². The summed E-state index contributed by atoms with van der Waals surface area (Å²) in [6.07, 6.45) is 6.00. The molecule has 0 aliphatic heterocycles. The number of nitrogens with two attached hydrogens (primary N) is 1. The highest BCUT2D eigenvalue weighted by molar-refractivity contribution is 6.31. The van der Waals surface area contributed by atoms with Crippen LogP contribution in [0.15, 0.2) is 42.9 Å². The average molecular weight is 494 g/mol. The molecule has 2 fully saturated rings. The summed E-state index contributed by atoms with van der Waals surface area (Å²) in [6.45, 7) is 0. The molecule has 3 aromatic rings. The Hall–Kier alpha value is -3.41. The Morgan fingerprint density at radius 2 is 2.00 bits per heavy atom. The van der Waals surface area contributed by atoms with Gasteiger partial charge in [-0.05, 0) is 73.8 Å². The molecule has 2 unspecified atom stereocenters. The molecule has 4 N–H and O–H groups in total. The minimum absolute atomic E-state index is 0.0561. The van der Waals surface area contributed by atoms with Crippen LogP contribution in [0.2, 0.25) is 5.02 Å². The number of anilines is 2. The molecule has 0 bridgehead atoms. The Balaban J connectivity index is 1.28. The van der Waals surface area contributed by atoms with Crippen LogP contribution in [0, 0.1) is 29.5 Å². The van der Waals surface area contributed by atoms with E-state index in [-0.39, 0.29) is 16.8 Å². The molecule has 180 valence electrons. The zero-order valence-corrected chi connectivity index (χ0v) is 19.9. The second-order valence-electron chi connectivity index (χ2n) is 9.53. The van der Waals surface area contributed by atoms with Gasteiger partial charge in [-0.15, -0.1) is 0 Å². The van der Waals surface area contributed by atoms with Gasteiger partial charge in [-0.25, -0.2) is 14.4 Å². The van der Waals surface area contributed by atoms with Crippen molar-refractivity contribution in [1.82, 2.24) is 14.5 Å². The molecule has 9 heteroatoms. The lowest BCUT2D eigenvalue weighted by Crippen LogP contribution is -2.24. The van der Waals surface area contributed by atoms with Crippen LogP contribution in [0.4, 0.5) is 15.8 Å². The predicted molar refractivity (Wildman–Crippen MR) is 131 cm³/mol. The molecule has 2 saturated carbocycles. The van der Waals surface area contributed by atoms with Crippen molar-refractivity contribution in [1.29, 1.82) is 0 Å². The summed E-state index contributed by atoms with van der Waals surface area (Å²) in [5.74, 6) is 5.85. The summed E-state index contributed by atoms with van der Waals surface area (Å²) < 4.78 is 15.2. The molecule has 0 saturated heterocycles. The number of imidazole rings is 1. The summed E-state index contributed by atoms with van der Waals surface area (Å²) in [6, 6.07) is 7.54. The quantitative estimate of drug-likeness (QED) is 0.476. The van der Waals surface area contributed by atoms with E-state index in [2.05, 4.69) is 27.1 Å². The van der Waals surface area contributed by atoms with Gasteiger partial charge in [0.2, 0.25) is 0 Å². The van der Waals surface area contributed by atoms with Crippen LogP contribution in [0.5, 0.6) is 0 Å². The Labute approximate surface area is 207 Å². The number of hydrogen-bond acceptors (Lipinski definition) is 5. The maximum absolute atomic E-state index is 13.5. The van der Waals surface area contributed by atoms with Gasteiger partial charge in [-0.1, -0.05) is 17.5 Å². The number of halogens is 2. The summed E-state index contributed by atoms with van der Waals surface area (Å²) >= 11 is 5.85. The number of aliphatic hydroxyl groups is 1. The molecule has 1 amide bonds. The molecule has 2 aliphatic rings. The number of hydrogen-bond donors (Lipinski definition) is 3. The van der Waals surface area contributed by atoms with Crippen molar-refractivity contribution in [3.05, 3.63) is 70.8 Å². The Bertz CT molecular complexity index is 1330. The summed E-state index contributed by atoms with van der Waals surface area (Å²) in [5.41, 5.74) is 7.39. The first-order valence-corrected chi connectivity index (χ1v) is 11.8. The van der Waals surface area contributed by atoms with Crippen LogP contribution < -0.4 is 11.1 Å². The van der Waals surface area contributed by atoms with Crippen LogP contribution >= 0.6 is 11.6 Å². The lowest BCUT2D eigenvalue weighted by molar-refractivity contribution is 0.0979. The Kier molecular flexibility index (Phi) is 5.99. The van der Waals surface area contributed by atoms with Crippen LogP contribution in [0.1, 0.15) is 53.5 Å². The highest BCUT2D eigenvalue weighted by Crippen LogP contribution is 2.53. The molecule has 0 spiro atoms. The first kappa shape index (κ1) is 23.3. The van der Waals surface area contributed by atoms with Gasteiger partial charge in [-0.2, -0.15) is 0 Å². The predicted octanol–water partition coefficient (Wildman–Crippen LogP) is 4.13. The molecule has 2 aliphatic carbocycles. The maximum Gasteiger partial charge on any atom is 0.274 e.